The van der Waals surface area contributed by atoms with E-state index in [1.807, 2.05) is 6.92 Å². The first-order valence-electron chi connectivity index (χ1n) is 4.90. The lowest BCUT2D eigenvalue weighted by Gasteiger charge is -2.09. The van der Waals surface area contributed by atoms with E-state index in [1.54, 1.807) is 0 Å². The second kappa shape index (κ2) is 6.81. The van der Waals surface area contributed by atoms with Crippen LogP contribution in [0.3, 0.4) is 0 Å². The predicted molar refractivity (Wildman–Crippen MR) is 59.9 cm³/mol. The summed E-state index contributed by atoms with van der Waals surface area (Å²) in [6.07, 6.45) is 1.60. The van der Waals surface area contributed by atoms with Crippen LogP contribution in [0, 0.1) is 0 Å². The molecule has 0 aromatic carbocycles. The highest BCUT2D eigenvalue weighted by Crippen LogP contribution is 2.36. The Bertz CT molecular complexity index is 309. The molecular formula is C9H18NO5P. The number of allylic oxidation sites excluding steroid dienone is 1. The van der Waals surface area contributed by atoms with Gasteiger partial charge in [-0.1, -0.05) is 18.6 Å². The van der Waals surface area contributed by atoms with Gasteiger partial charge in [-0.25, -0.2) is 0 Å². The Labute approximate surface area is 94.6 Å². The highest BCUT2D eigenvalue weighted by Gasteiger charge is 2.17. The largest absolute Gasteiger partial charge is 0.464 e. The number of rotatable bonds is 6. The fourth-order valence-corrected chi connectivity index (χ4v) is 1.81. The SMILES string of the molecule is CCCOC(=O)C(N)C=C(C)CP(=O)(O)O. The van der Waals surface area contributed by atoms with Crippen LogP contribution in [0.4, 0.5) is 0 Å². The van der Waals surface area contributed by atoms with Crippen molar-refractivity contribution >= 4 is 13.6 Å². The molecule has 0 heterocycles. The number of hydrogen-bond acceptors (Lipinski definition) is 4. The lowest BCUT2D eigenvalue weighted by Crippen LogP contribution is -2.30. The zero-order chi connectivity index (χ0) is 12.8. The quantitative estimate of drug-likeness (QED) is 0.358. The highest BCUT2D eigenvalue weighted by atomic mass is 31.2. The molecule has 0 aliphatic heterocycles. The van der Waals surface area contributed by atoms with Crippen molar-refractivity contribution in [3.05, 3.63) is 11.6 Å². The van der Waals surface area contributed by atoms with Crippen molar-refractivity contribution in [1.29, 1.82) is 0 Å². The van der Waals surface area contributed by atoms with Crippen LogP contribution in [0.2, 0.25) is 0 Å². The average molecular weight is 251 g/mol. The molecule has 16 heavy (non-hydrogen) atoms. The lowest BCUT2D eigenvalue weighted by molar-refractivity contribution is -0.144. The first kappa shape index (κ1) is 15.3. The van der Waals surface area contributed by atoms with Crippen LogP contribution in [-0.4, -0.2) is 34.6 Å². The molecule has 4 N–H and O–H groups in total. The standard InChI is InChI=1S/C9H18NO5P/c1-3-4-15-9(11)8(10)5-7(2)6-16(12,13)14/h5,8H,3-4,6,10H2,1-2H3,(H2,12,13,14). The molecule has 6 nitrogen and oxygen atoms in total. The first-order valence-corrected chi connectivity index (χ1v) is 6.70. The van der Waals surface area contributed by atoms with Crippen LogP contribution in [0.15, 0.2) is 11.6 Å². The molecular weight excluding hydrogens is 233 g/mol. The number of carbonyl (C=O) groups excluding carboxylic acids is 1. The van der Waals surface area contributed by atoms with Gasteiger partial charge in [-0.05, 0) is 13.3 Å². The van der Waals surface area contributed by atoms with Crippen LogP contribution in [0.1, 0.15) is 20.3 Å². The third-order valence-electron chi connectivity index (χ3n) is 1.64. The van der Waals surface area contributed by atoms with Crippen molar-refractivity contribution < 1.29 is 23.9 Å². The van der Waals surface area contributed by atoms with Gasteiger partial charge in [-0.15, -0.1) is 0 Å². The average Bonchev–Trinajstić information content (AvgIpc) is 2.10. The van der Waals surface area contributed by atoms with E-state index in [0.29, 0.717) is 12.0 Å². The van der Waals surface area contributed by atoms with E-state index in [2.05, 4.69) is 0 Å². The van der Waals surface area contributed by atoms with Crippen molar-refractivity contribution in [3.8, 4) is 0 Å². The second-order valence-corrected chi connectivity index (χ2v) is 5.17. The molecule has 0 amide bonds. The Kier molecular flexibility index (Phi) is 6.52. The summed E-state index contributed by atoms with van der Waals surface area (Å²) in [4.78, 5) is 28.6. The van der Waals surface area contributed by atoms with Crippen molar-refractivity contribution in [2.24, 2.45) is 5.73 Å². The summed E-state index contributed by atoms with van der Waals surface area (Å²) in [6, 6.07) is -0.974. The molecule has 0 fully saturated rings. The zero-order valence-electron chi connectivity index (χ0n) is 9.42. The summed E-state index contributed by atoms with van der Waals surface area (Å²) < 4.78 is 15.4. The first-order chi connectivity index (χ1) is 7.26. The summed E-state index contributed by atoms with van der Waals surface area (Å²) >= 11 is 0. The molecule has 0 saturated heterocycles. The Hall–Kier alpha value is -0.680. The topological polar surface area (TPSA) is 110 Å². The van der Waals surface area contributed by atoms with Gasteiger partial charge in [0, 0.05) is 0 Å². The zero-order valence-corrected chi connectivity index (χ0v) is 10.3. The third kappa shape index (κ3) is 7.59. The van der Waals surface area contributed by atoms with E-state index in [9.17, 15) is 9.36 Å². The van der Waals surface area contributed by atoms with Crippen molar-refractivity contribution in [3.63, 3.8) is 0 Å². The Morgan fingerprint density at radius 3 is 2.56 bits per heavy atom. The van der Waals surface area contributed by atoms with E-state index in [1.165, 1.54) is 13.0 Å². The molecule has 0 rings (SSSR count). The van der Waals surface area contributed by atoms with Crippen molar-refractivity contribution in [2.75, 3.05) is 12.8 Å². The van der Waals surface area contributed by atoms with E-state index in [4.69, 9.17) is 20.3 Å². The Morgan fingerprint density at radius 1 is 1.56 bits per heavy atom. The van der Waals surface area contributed by atoms with E-state index in [-0.39, 0.29) is 6.61 Å². The van der Waals surface area contributed by atoms with Gasteiger partial charge in [0.1, 0.15) is 6.04 Å². The molecule has 0 aliphatic rings. The third-order valence-corrected chi connectivity index (χ3v) is 2.55. The fourth-order valence-electron chi connectivity index (χ4n) is 1.05. The summed E-state index contributed by atoms with van der Waals surface area (Å²) in [5, 5.41) is 0. The van der Waals surface area contributed by atoms with Crippen LogP contribution in [0.5, 0.6) is 0 Å². The van der Waals surface area contributed by atoms with Gasteiger partial charge in [0.2, 0.25) is 0 Å². The monoisotopic (exact) mass is 251 g/mol. The van der Waals surface area contributed by atoms with E-state index >= 15 is 0 Å². The number of nitrogens with two attached hydrogens (primary N) is 1. The Morgan fingerprint density at radius 2 is 2.12 bits per heavy atom. The van der Waals surface area contributed by atoms with Crippen LogP contribution in [-0.2, 0) is 14.1 Å². The summed E-state index contributed by atoms with van der Waals surface area (Å²) in [5.41, 5.74) is 5.84. The molecule has 0 spiro atoms. The molecule has 0 radical (unpaired) electrons. The number of carbonyl (C=O) groups is 1. The van der Waals surface area contributed by atoms with Crippen LogP contribution >= 0.6 is 7.60 Å². The summed E-state index contributed by atoms with van der Waals surface area (Å²) in [7, 11) is -4.11. The predicted octanol–water partition coefficient (Wildman–Crippen LogP) is 0.391. The van der Waals surface area contributed by atoms with Crippen molar-refractivity contribution in [2.45, 2.75) is 26.3 Å². The molecule has 94 valence electrons. The van der Waals surface area contributed by atoms with Gasteiger partial charge in [0.05, 0.1) is 12.8 Å². The van der Waals surface area contributed by atoms with Gasteiger partial charge in [-0.3, -0.25) is 9.36 Å². The number of hydrogen-bond donors (Lipinski definition) is 3. The molecule has 0 saturated carbocycles. The smallest absolute Gasteiger partial charge is 0.329 e. The second-order valence-electron chi connectivity index (χ2n) is 3.53. The molecule has 1 atom stereocenters. The van der Waals surface area contributed by atoms with Gasteiger partial charge in [0.25, 0.3) is 0 Å². The van der Waals surface area contributed by atoms with Crippen LogP contribution < -0.4 is 5.73 Å². The molecule has 0 bridgehead atoms. The maximum atomic E-state index is 11.2. The molecule has 0 aromatic rings. The normalized spacial score (nSPS) is 14.7. The number of esters is 1. The van der Waals surface area contributed by atoms with Crippen LogP contribution in [0.25, 0.3) is 0 Å². The summed E-state index contributed by atoms with van der Waals surface area (Å²) in [5.74, 6) is -0.591. The fraction of sp³-hybridized carbons (Fsp3) is 0.667. The minimum absolute atomic E-state index is 0.290. The summed E-state index contributed by atoms with van der Waals surface area (Å²) in [6.45, 7) is 3.65. The van der Waals surface area contributed by atoms with Crippen molar-refractivity contribution in [1.82, 2.24) is 0 Å². The van der Waals surface area contributed by atoms with Gasteiger partial charge in [-0.2, -0.15) is 0 Å². The van der Waals surface area contributed by atoms with Gasteiger partial charge >= 0.3 is 13.6 Å². The highest BCUT2D eigenvalue weighted by molar-refractivity contribution is 7.52. The Balaban J connectivity index is 4.29. The minimum Gasteiger partial charge on any atom is -0.464 e. The molecule has 0 aliphatic carbocycles. The van der Waals surface area contributed by atoms with E-state index in [0.717, 1.165) is 0 Å². The number of ether oxygens (including phenoxy) is 1. The maximum absolute atomic E-state index is 11.2. The maximum Gasteiger partial charge on any atom is 0.329 e. The lowest BCUT2D eigenvalue weighted by atomic mass is 10.2. The molecule has 1 unspecified atom stereocenters. The molecule has 0 aromatic heterocycles. The van der Waals surface area contributed by atoms with E-state index < -0.39 is 25.8 Å². The van der Waals surface area contributed by atoms with Gasteiger partial charge < -0.3 is 20.3 Å². The van der Waals surface area contributed by atoms with Gasteiger partial charge in [0.15, 0.2) is 0 Å². The minimum atomic E-state index is -4.11. The molecule has 7 heteroatoms.